The van der Waals surface area contributed by atoms with Crippen LogP contribution < -0.4 is 5.32 Å². The Hall–Kier alpha value is -1.52. The van der Waals surface area contributed by atoms with Gasteiger partial charge in [-0.25, -0.2) is 9.97 Å². The van der Waals surface area contributed by atoms with E-state index in [1.807, 2.05) is 26.1 Å². The molecule has 0 atom stereocenters. The summed E-state index contributed by atoms with van der Waals surface area (Å²) in [5.41, 5.74) is 2.61. The maximum atomic E-state index is 5.80. The molecule has 0 fully saturated rings. The van der Waals surface area contributed by atoms with Crippen LogP contribution in [-0.2, 0) is 6.54 Å². The van der Waals surface area contributed by atoms with Crippen molar-refractivity contribution in [3.05, 3.63) is 40.8 Å². The minimum absolute atomic E-state index is 0.608. The van der Waals surface area contributed by atoms with Gasteiger partial charge in [-0.2, -0.15) is 0 Å². The second-order valence-corrected chi connectivity index (χ2v) is 4.15. The molecule has 0 radical (unpaired) electrons. The fourth-order valence-corrected chi connectivity index (χ4v) is 1.64. The summed E-state index contributed by atoms with van der Waals surface area (Å²) >= 11 is 5.80. The zero-order chi connectivity index (χ0) is 12.3. The molecule has 2 rings (SSSR count). The van der Waals surface area contributed by atoms with Crippen LogP contribution in [0.1, 0.15) is 11.4 Å². The van der Waals surface area contributed by atoms with Crippen molar-refractivity contribution in [1.29, 1.82) is 0 Å². The van der Waals surface area contributed by atoms with Crippen molar-refractivity contribution in [3.8, 4) is 11.5 Å². The molecule has 88 valence electrons. The third-order valence-electron chi connectivity index (χ3n) is 2.22. The Morgan fingerprint density at radius 1 is 1.29 bits per heavy atom. The molecule has 0 amide bonds. The Morgan fingerprint density at radius 2 is 2.12 bits per heavy atom. The van der Waals surface area contributed by atoms with Crippen molar-refractivity contribution in [2.45, 2.75) is 13.5 Å². The third kappa shape index (κ3) is 2.99. The molecule has 2 aromatic heterocycles. The Morgan fingerprint density at radius 3 is 2.76 bits per heavy atom. The first-order chi connectivity index (χ1) is 8.19. The molecular weight excluding hydrogens is 236 g/mol. The lowest BCUT2D eigenvalue weighted by molar-refractivity contribution is 0.784. The molecule has 0 saturated carbocycles. The largest absolute Gasteiger partial charge is 0.314 e. The first-order valence-corrected chi connectivity index (χ1v) is 5.68. The monoisotopic (exact) mass is 248 g/mol. The van der Waals surface area contributed by atoms with Crippen LogP contribution in [0.5, 0.6) is 0 Å². The summed E-state index contributed by atoms with van der Waals surface area (Å²) in [5, 5.41) is 3.68. The van der Waals surface area contributed by atoms with Crippen molar-refractivity contribution >= 4 is 11.6 Å². The second-order valence-electron chi connectivity index (χ2n) is 3.72. The molecule has 0 unspecified atom stereocenters. The molecule has 5 heteroatoms. The molecule has 0 aromatic carbocycles. The molecule has 2 heterocycles. The van der Waals surface area contributed by atoms with Crippen molar-refractivity contribution < 1.29 is 0 Å². The van der Waals surface area contributed by atoms with E-state index in [0.29, 0.717) is 17.4 Å². The van der Waals surface area contributed by atoms with E-state index in [4.69, 9.17) is 11.6 Å². The highest BCUT2D eigenvalue weighted by molar-refractivity contribution is 6.30. The topological polar surface area (TPSA) is 50.7 Å². The molecule has 2 aromatic rings. The van der Waals surface area contributed by atoms with Crippen LogP contribution in [0.3, 0.4) is 0 Å². The van der Waals surface area contributed by atoms with Gasteiger partial charge in [0.05, 0.1) is 10.7 Å². The molecule has 0 aliphatic carbocycles. The lowest BCUT2D eigenvalue weighted by atomic mass is 10.3. The Bertz CT molecular complexity index is 510. The van der Waals surface area contributed by atoms with E-state index in [1.54, 1.807) is 12.3 Å². The van der Waals surface area contributed by atoms with Crippen LogP contribution in [0.25, 0.3) is 11.5 Å². The van der Waals surface area contributed by atoms with Gasteiger partial charge in [0, 0.05) is 18.4 Å². The van der Waals surface area contributed by atoms with Crippen LogP contribution in [-0.4, -0.2) is 22.0 Å². The zero-order valence-electron chi connectivity index (χ0n) is 9.74. The number of hydrogen-bond donors (Lipinski definition) is 1. The summed E-state index contributed by atoms with van der Waals surface area (Å²) in [6.45, 7) is 2.66. The van der Waals surface area contributed by atoms with Gasteiger partial charge in [0.25, 0.3) is 0 Å². The SMILES string of the molecule is CNCc1cc(C)nc(-c2ccc(Cl)cn2)n1. The van der Waals surface area contributed by atoms with Gasteiger partial charge in [0.1, 0.15) is 5.69 Å². The van der Waals surface area contributed by atoms with Crippen molar-refractivity contribution in [1.82, 2.24) is 20.3 Å². The first kappa shape index (κ1) is 12.0. The predicted molar refractivity (Wildman–Crippen MR) is 67.8 cm³/mol. The van der Waals surface area contributed by atoms with Gasteiger partial charge in [-0.05, 0) is 32.2 Å². The number of rotatable bonds is 3. The zero-order valence-corrected chi connectivity index (χ0v) is 10.5. The number of nitrogens with zero attached hydrogens (tertiary/aromatic N) is 3. The maximum absolute atomic E-state index is 5.80. The fraction of sp³-hybridized carbons (Fsp3) is 0.250. The van der Waals surface area contributed by atoms with E-state index in [2.05, 4.69) is 20.3 Å². The van der Waals surface area contributed by atoms with E-state index in [0.717, 1.165) is 17.1 Å². The van der Waals surface area contributed by atoms with Gasteiger partial charge in [0.15, 0.2) is 5.82 Å². The maximum Gasteiger partial charge on any atom is 0.178 e. The van der Waals surface area contributed by atoms with E-state index in [9.17, 15) is 0 Å². The first-order valence-electron chi connectivity index (χ1n) is 5.30. The van der Waals surface area contributed by atoms with Gasteiger partial charge in [-0.15, -0.1) is 0 Å². The van der Waals surface area contributed by atoms with Crippen LogP contribution in [0.15, 0.2) is 24.4 Å². The highest BCUT2D eigenvalue weighted by Crippen LogP contribution is 2.15. The average molecular weight is 249 g/mol. The molecule has 4 nitrogen and oxygen atoms in total. The minimum Gasteiger partial charge on any atom is -0.314 e. The summed E-state index contributed by atoms with van der Waals surface area (Å²) in [7, 11) is 1.89. The third-order valence-corrected chi connectivity index (χ3v) is 2.45. The number of halogens is 1. The lowest BCUT2D eigenvalue weighted by Gasteiger charge is -2.05. The van der Waals surface area contributed by atoms with E-state index in [-0.39, 0.29) is 0 Å². The molecule has 1 N–H and O–H groups in total. The van der Waals surface area contributed by atoms with Gasteiger partial charge >= 0.3 is 0 Å². The van der Waals surface area contributed by atoms with Gasteiger partial charge < -0.3 is 5.32 Å². The smallest absolute Gasteiger partial charge is 0.178 e. The van der Waals surface area contributed by atoms with Gasteiger partial charge in [-0.1, -0.05) is 11.6 Å². The normalized spacial score (nSPS) is 10.5. The molecular formula is C12H13ClN4. The van der Waals surface area contributed by atoms with Crippen LogP contribution in [0.2, 0.25) is 5.02 Å². The van der Waals surface area contributed by atoms with E-state index in [1.165, 1.54) is 0 Å². The predicted octanol–water partition coefficient (Wildman–Crippen LogP) is 2.22. The van der Waals surface area contributed by atoms with Crippen LogP contribution in [0.4, 0.5) is 0 Å². The molecule has 0 aliphatic heterocycles. The van der Waals surface area contributed by atoms with Gasteiger partial charge in [-0.3, -0.25) is 4.98 Å². The molecule has 0 spiro atoms. The molecule has 17 heavy (non-hydrogen) atoms. The summed E-state index contributed by atoms with van der Waals surface area (Å²) in [6, 6.07) is 5.56. The number of nitrogens with one attached hydrogen (secondary N) is 1. The molecule has 0 saturated heterocycles. The van der Waals surface area contributed by atoms with Crippen molar-refractivity contribution in [2.75, 3.05) is 7.05 Å². The highest BCUT2D eigenvalue weighted by atomic mass is 35.5. The summed E-state index contributed by atoms with van der Waals surface area (Å²) in [6.07, 6.45) is 1.60. The quantitative estimate of drug-likeness (QED) is 0.905. The van der Waals surface area contributed by atoms with Crippen LogP contribution in [0, 0.1) is 6.92 Å². The highest BCUT2D eigenvalue weighted by Gasteiger charge is 2.05. The number of pyridine rings is 1. The van der Waals surface area contributed by atoms with E-state index >= 15 is 0 Å². The van der Waals surface area contributed by atoms with Gasteiger partial charge in [0.2, 0.25) is 0 Å². The second kappa shape index (κ2) is 5.21. The Balaban J connectivity index is 2.40. The number of aryl methyl sites for hydroxylation is 1. The van der Waals surface area contributed by atoms with Crippen molar-refractivity contribution in [3.63, 3.8) is 0 Å². The molecule has 0 aliphatic rings. The number of hydrogen-bond acceptors (Lipinski definition) is 4. The van der Waals surface area contributed by atoms with E-state index < -0.39 is 0 Å². The Kier molecular flexibility index (Phi) is 3.66. The van der Waals surface area contributed by atoms with Crippen molar-refractivity contribution in [2.24, 2.45) is 0 Å². The summed E-state index contributed by atoms with van der Waals surface area (Å²) in [5.74, 6) is 0.631. The lowest BCUT2D eigenvalue weighted by Crippen LogP contribution is -2.08. The average Bonchev–Trinajstić information content (AvgIpc) is 2.29. The summed E-state index contributed by atoms with van der Waals surface area (Å²) in [4.78, 5) is 13.0. The standard InChI is InChI=1S/C12H13ClN4/c1-8-5-10(7-14-2)17-12(16-8)11-4-3-9(13)6-15-11/h3-6,14H,7H2,1-2H3. The Labute approximate surface area is 105 Å². The summed E-state index contributed by atoms with van der Waals surface area (Å²) < 4.78 is 0. The number of aromatic nitrogens is 3. The minimum atomic E-state index is 0.608. The molecule has 0 bridgehead atoms. The fourth-order valence-electron chi connectivity index (χ4n) is 1.53. The van der Waals surface area contributed by atoms with Crippen LogP contribution >= 0.6 is 11.6 Å².